The van der Waals surface area contributed by atoms with Crippen molar-refractivity contribution in [3.05, 3.63) is 83.0 Å². The third-order valence-electron chi connectivity index (χ3n) is 7.19. The fourth-order valence-corrected chi connectivity index (χ4v) is 5.01. The molecule has 5 aromatic heterocycles. The average Bonchev–Trinajstić information content (AvgIpc) is 3.56. The molecule has 0 atom stereocenters. The van der Waals surface area contributed by atoms with Crippen molar-refractivity contribution < 1.29 is 0 Å². The Morgan fingerprint density at radius 3 is 2.82 bits per heavy atom. The third kappa shape index (κ3) is 4.90. The van der Waals surface area contributed by atoms with E-state index in [4.69, 9.17) is 4.98 Å². The lowest BCUT2D eigenvalue weighted by Gasteiger charge is -2.22. The Balaban J connectivity index is 1.27. The number of hydrogen-bond donors (Lipinski definition) is 3. The van der Waals surface area contributed by atoms with Crippen LogP contribution < -0.4 is 15.9 Å². The quantitative estimate of drug-likeness (QED) is 0.327. The molecule has 38 heavy (non-hydrogen) atoms. The number of piperidine rings is 1. The van der Waals surface area contributed by atoms with Crippen LogP contribution in [0.15, 0.2) is 61.3 Å². The van der Waals surface area contributed by atoms with Crippen LogP contribution in [-0.4, -0.2) is 48.2 Å². The lowest BCUT2D eigenvalue weighted by atomic mass is 9.91. The molecule has 5 aromatic rings. The number of fused-ring (bicyclic) bond motifs is 1. The van der Waals surface area contributed by atoms with Crippen LogP contribution in [0.2, 0.25) is 0 Å². The molecular weight excluding hydrogens is 472 g/mol. The van der Waals surface area contributed by atoms with Gasteiger partial charge in [-0.2, -0.15) is 5.10 Å². The predicted octanol–water partition coefficient (Wildman–Crippen LogP) is 3.64. The van der Waals surface area contributed by atoms with Crippen LogP contribution in [0.3, 0.4) is 0 Å². The highest BCUT2D eigenvalue weighted by Crippen LogP contribution is 2.26. The Kier molecular flexibility index (Phi) is 6.62. The van der Waals surface area contributed by atoms with Gasteiger partial charge in [0.2, 0.25) is 0 Å². The van der Waals surface area contributed by atoms with Gasteiger partial charge in [0.05, 0.1) is 16.6 Å². The smallest absolute Gasteiger partial charge is 0.159 e. The molecule has 1 fully saturated rings. The summed E-state index contributed by atoms with van der Waals surface area (Å²) in [5, 5.41) is 12.7. The summed E-state index contributed by atoms with van der Waals surface area (Å²) in [6.45, 7) is 8.61. The van der Waals surface area contributed by atoms with Crippen LogP contribution >= 0.6 is 0 Å². The highest BCUT2D eigenvalue weighted by molar-refractivity contribution is 5.90. The van der Waals surface area contributed by atoms with Crippen LogP contribution in [0.4, 0.5) is 0 Å². The zero-order chi connectivity index (χ0) is 25.9. The van der Waals surface area contributed by atoms with Crippen molar-refractivity contribution in [2.75, 3.05) is 13.1 Å². The molecule has 0 aromatic carbocycles. The van der Waals surface area contributed by atoms with Crippen LogP contribution in [0, 0.1) is 5.92 Å². The number of aromatic nitrogens is 7. The molecule has 0 radical (unpaired) electrons. The first-order valence-corrected chi connectivity index (χ1v) is 13.0. The average molecular weight is 503 g/mol. The van der Waals surface area contributed by atoms with Crippen molar-refractivity contribution in [2.24, 2.45) is 5.92 Å². The Morgan fingerprint density at radius 2 is 1.97 bits per heavy atom. The maximum atomic E-state index is 4.82. The second-order valence-electron chi connectivity index (χ2n) is 9.84. The number of nitrogens with one attached hydrogen (secondary N) is 3. The van der Waals surface area contributed by atoms with E-state index in [2.05, 4.69) is 61.1 Å². The Bertz CT molecular complexity index is 1710. The van der Waals surface area contributed by atoms with Gasteiger partial charge in [-0.25, -0.2) is 4.98 Å². The van der Waals surface area contributed by atoms with E-state index >= 15 is 0 Å². The Labute approximate surface area is 220 Å². The minimum absolute atomic E-state index is 0.648. The second-order valence-corrected chi connectivity index (χ2v) is 9.84. The van der Waals surface area contributed by atoms with Gasteiger partial charge in [-0.05, 0) is 92.2 Å². The molecule has 8 heteroatoms. The molecule has 3 N–H and O–H groups in total. The summed E-state index contributed by atoms with van der Waals surface area (Å²) in [6.07, 6.45) is 16.9. The van der Waals surface area contributed by atoms with Crippen LogP contribution in [-0.2, 0) is 6.42 Å². The number of pyridine rings is 3. The summed E-state index contributed by atoms with van der Waals surface area (Å²) < 4.78 is 0. The molecule has 8 nitrogen and oxygen atoms in total. The maximum absolute atomic E-state index is 4.82. The van der Waals surface area contributed by atoms with Crippen molar-refractivity contribution in [1.82, 2.24) is 40.4 Å². The molecule has 6 heterocycles. The molecule has 0 bridgehead atoms. The first-order chi connectivity index (χ1) is 18.7. The van der Waals surface area contributed by atoms with Gasteiger partial charge in [-0.1, -0.05) is 12.7 Å². The van der Waals surface area contributed by atoms with E-state index in [0.29, 0.717) is 11.5 Å². The van der Waals surface area contributed by atoms with E-state index in [1.165, 1.54) is 18.4 Å². The van der Waals surface area contributed by atoms with E-state index in [-0.39, 0.29) is 0 Å². The summed E-state index contributed by atoms with van der Waals surface area (Å²) in [5.74, 6) is 1.38. The molecule has 0 amide bonds. The summed E-state index contributed by atoms with van der Waals surface area (Å²) in [5.41, 5.74) is 7.60. The lowest BCUT2D eigenvalue weighted by Crippen LogP contribution is -2.28. The molecule has 0 unspecified atom stereocenters. The van der Waals surface area contributed by atoms with Gasteiger partial charge < -0.3 is 10.3 Å². The third-order valence-corrected chi connectivity index (χ3v) is 7.19. The SMILES string of the molecule is C=c1c(-c2nc3c(-c4cccnc4)nccc3[nH]2)n[nH]/c1=C/C=C(\C)c1cncc(CC2CCNCC2)c1. The topological polar surface area (TPSA) is 108 Å². The van der Waals surface area contributed by atoms with Crippen LogP contribution in [0.25, 0.3) is 52.0 Å². The minimum atomic E-state index is 0.648. The Morgan fingerprint density at radius 1 is 1.08 bits per heavy atom. The Hall–Kier alpha value is -4.43. The normalized spacial score (nSPS) is 15.4. The number of H-pyrrole nitrogens is 2. The molecule has 1 aliphatic rings. The number of hydrogen-bond acceptors (Lipinski definition) is 6. The van der Waals surface area contributed by atoms with Gasteiger partial charge in [0.1, 0.15) is 11.2 Å². The van der Waals surface area contributed by atoms with Gasteiger partial charge in [0, 0.05) is 41.8 Å². The fourth-order valence-electron chi connectivity index (χ4n) is 5.01. The molecular formula is C30H30N8. The zero-order valence-corrected chi connectivity index (χ0v) is 21.4. The van der Waals surface area contributed by atoms with Gasteiger partial charge in [-0.3, -0.25) is 20.1 Å². The first kappa shape index (κ1) is 23.9. The molecule has 1 saturated heterocycles. The van der Waals surface area contributed by atoms with Crippen molar-refractivity contribution in [1.29, 1.82) is 0 Å². The van der Waals surface area contributed by atoms with E-state index in [1.54, 1.807) is 18.6 Å². The van der Waals surface area contributed by atoms with Crippen molar-refractivity contribution in [3.8, 4) is 22.8 Å². The fraction of sp³-hybridized carbons (Fsp3) is 0.233. The van der Waals surface area contributed by atoms with Crippen LogP contribution in [0.5, 0.6) is 0 Å². The van der Waals surface area contributed by atoms with Gasteiger partial charge >= 0.3 is 0 Å². The number of nitrogens with zero attached hydrogens (tertiary/aromatic N) is 5. The molecule has 0 saturated carbocycles. The molecule has 0 spiro atoms. The van der Waals surface area contributed by atoms with Gasteiger partial charge in [0.15, 0.2) is 5.82 Å². The summed E-state index contributed by atoms with van der Waals surface area (Å²) in [7, 11) is 0. The first-order valence-electron chi connectivity index (χ1n) is 13.0. The van der Waals surface area contributed by atoms with Gasteiger partial charge in [-0.15, -0.1) is 0 Å². The monoisotopic (exact) mass is 502 g/mol. The van der Waals surface area contributed by atoms with Crippen molar-refractivity contribution >= 4 is 29.3 Å². The standard InChI is InChI=1S/C30H30N8/c1-19(24-15-22(16-33-18-24)14-21-7-11-31-12-8-21)5-6-25-20(2)27(38-37-25)30-35-26-9-13-34-28(29(26)36-30)23-4-3-10-32-17-23/h3-6,9-10,13,15-18,21,31,37H,2,7-8,11-12,14H2,1H3,(H,35,36)/b19-5+,25-6+. The highest BCUT2D eigenvalue weighted by atomic mass is 15.1. The summed E-state index contributed by atoms with van der Waals surface area (Å²) in [4.78, 5) is 21.5. The lowest BCUT2D eigenvalue weighted by molar-refractivity contribution is 0.372. The molecule has 1 aliphatic heterocycles. The number of rotatable bonds is 6. The summed E-state index contributed by atoms with van der Waals surface area (Å²) in [6, 6.07) is 8.04. The number of imidazole rings is 1. The second kappa shape index (κ2) is 10.5. The number of allylic oxidation sites excluding steroid dienone is 2. The number of aromatic amines is 2. The van der Waals surface area contributed by atoms with Gasteiger partial charge in [0.25, 0.3) is 0 Å². The van der Waals surface area contributed by atoms with Crippen LogP contribution in [0.1, 0.15) is 30.9 Å². The zero-order valence-electron chi connectivity index (χ0n) is 21.4. The molecule has 0 aliphatic carbocycles. The largest absolute Gasteiger partial charge is 0.336 e. The summed E-state index contributed by atoms with van der Waals surface area (Å²) >= 11 is 0. The molecule has 190 valence electrons. The predicted molar refractivity (Wildman–Crippen MR) is 151 cm³/mol. The molecule has 6 rings (SSSR count). The minimum Gasteiger partial charge on any atom is -0.336 e. The van der Waals surface area contributed by atoms with E-state index < -0.39 is 0 Å². The van der Waals surface area contributed by atoms with E-state index in [0.717, 1.165) is 69.4 Å². The van der Waals surface area contributed by atoms with E-state index in [1.807, 2.05) is 36.7 Å². The highest BCUT2D eigenvalue weighted by Gasteiger charge is 2.15. The van der Waals surface area contributed by atoms with Crippen molar-refractivity contribution in [3.63, 3.8) is 0 Å². The van der Waals surface area contributed by atoms with Crippen molar-refractivity contribution in [2.45, 2.75) is 26.2 Å². The van der Waals surface area contributed by atoms with E-state index in [9.17, 15) is 0 Å². The maximum Gasteiger partial charge on any atom is 0.159 e.